The fraction of sp³-hybridized carbons (Fsp3) is 0.310. The molecule has 1 unspecified atom stereocenters. The summed E-state index contributed by atoms with van der Waals surface area (Å²) in [5, 5.41) is 13.4. The van der Waals surface area contributed by atoms with Gasteiger partial charge in [0.1, 0.15) is 5.56 Å². The molecule has 0 spiro atoms. The zero-order chi connectivity index (χ0) is 27.2. The maximum absolute atomic E-state index is 13.6. The lowest BCUT2D eigenvalue weighted by atomic mass is 9.91. The summed E-state index contributed by atoms with van der Waals surface area (Å²) in [6.07, 6.45) is 0.699. The molecule has 0 aliphatic carbocycles. The number of nitrogens with one attached hydrogen (secondary N) is 1. The molecule has 0 aromatic heterocycles. The van der Waals surface area contributed by atoms with E-state index in [9.17, 15) is 14.7 Å². The van der Waals surface area contributed by atoms with Crippen LogP contribution in [0.3, 0.4) is 0 Å². The number of carboxylic acids is 1. The van der Waals surface area contributed by atoms with Gasteiger partial charge in [-0.3, -0.25) is 4.79 Å². The lowest BCUT2D eigenvalue weighted by Gasteiger charge is -2.22. The Bertz CT molecular complexity index is 1320. The molecule has 2 N–H and O–H groups in total. The van der Waals surface area contributed by atoms with Crippen molar-refractivity contribution in [3.63, 3.8) is 0 Å². The van der Waals surface area contributed by atoms with E-state index in [0.29, 0.717) is 29.4 Å². The number of hydrogen-bond acceptors (Lipinski definition) is 8. The third-order valence-corrected chi connectivity index (χ3v) is 6.53. The molecule has 0 radical (unpaired) electrons. The zero-order valence-electron chi connectivity index (χ0n) is 21.8. The summed E-state index contributed by atoms with van der Waals surface area (Å²) in [6, 6.07) is 14.8. The van der Waals surface area contributed by atoms with Crippen molar-refractivity contribution in [2.45, 2.75) is 25.8 Å². The van der Waals surface area contributed by atoms with Gasteiger partial charge < -0.3 is 34.1 Å². The second kappa shape index (κ2) is 11.9. The molecule has 38 heavy (non-hydrogen) atoms. The minimum absolute atomic E-state index is 0.00510. The van der Waals surface area contributed by atoms with E-state index in [1.165, 1.54) is 39.0 Å². The summed E-state index contributed by atoms with van der Waals surface area (Å²) in [6.45, 7) is 2.74. The van der Waals surface area contributed by atoms with E-state index in [4.69, 9.17) is 23.7 Å². The number of fused-ring (bicyclic) bond motifs is 1. The average Bonchev–Trinajstić information content (AvgIpc) is 3.40. The third-order valence-electron chi connectivity index (χ3n) is 6.53. The van der Waals surface area contributed by atoms with E-state index in [1.54, 1.807) is 0 Å². The van der Waals surface area contributed by atoms with Gasteiger partial charge in [-0.2, -0.15) is 0 Å². The fourth-order valence-corrected chi connectivity index (χ4v) is 4.67. The van der Waals surface area contributed by atoms with Gasteiger partial charge in [0.2, 0.25) is 12.5 Å². The lowest BCUT2D eigenvalue weighted by molar-refractivity contribution is 0.0687. The first-order valence-corrected chi connectivity index (χ1v) is 12.2. The molecule has 1 aliphatic heterocycles. The van der Waals surface area contributed by atoms with Crippen LogP contribution in [-0.4, -0.2) is 51.5 Å². The molecule has 9 nitrogen and oxygen atoms in total. The summed E-state index contributed by atoms with van der Waals surface area (Å²) >= 11 is 0. The van der Waals surface area contributed by atoms with Gasteiger partial charge >= 0.3 is 5.97 Å². The molecule has 0 saturated heterocycles. The quantitative estimate of drug-likeness (QED) is 0.334. The molecule has 0 saturated carbocycles. The Morgan fingerprint density at radius 1 is 1.00 bits per heavy atom. The Hall–Kier alpha value is -4.24. The molecule has 9 heteroatoms. The lowest BCUT2D eigenvalue weighted by Crippen LogP contribution is -2.23. The first kappa shape index (κ1) is 26.8. The molecule has 1 atom stereocenters. The Morgan fingerprint density at radius 3 is 2.39 bits per heavy atom. The summed E-state index contributed by atoms with van der Waals surface area (Å²) in [5.74, 6) is -0.171. The van der Waals surface area contributed by atoms with Crippen LogP contribution in [0.25, 0.3) is 0 Å². The molecule has 200 valence electrons. The van der Waals surface area contributed by atoms with Crippen molar-refractivity contribution in [3.8, 4) is 28.7 Å². The van der Waals surface area contributed by atoms with Crippen LogP contribution in [0, 0.1) is 0 Å². The van der Waals surface area contributed by atoms with Crippen LogP contribution in [0.15, 0.2) is 48.5 Å². The standard InChI is InChI=1S/C29H31NO8/c1-17(30-13-12-18-8-6-5-7-9-18)20-15-24-28(38-16-37-24)26(35-3)21(20)14-22(31)19-10-11-23(34-2)27(36-4)25(19)29(32)33/h5-11,15,17,30H,12-14,16H2,1-4H3,(H,32,33). The number of ketones is 1. The summed E-state index contributed by atoms with van der Waals surface area (Å²) in [4.78, 5) is 25.8. The maximum Gasteiger partial charge on any atom is 0.340 e. The second-order valence-corrected chi connectivity index (χ2v) is 8.75. The zero-order valence-corrected chi connectivity index (χ0v) is 21.8. The van der Waals surface area contributed by atoms with Crippen LogP contribution < -0.4 is 29.0 Å². The van der Waals surface area contributed by atoms with E-state index < -0.39 is 11.8 Å². The second-order valence-electron chi connectivity index (χ2n) is 8.75. The average molecular weight is 522 g/mol. The Morgan fingerprint density at radius 2 is 1.74 bits per heavy atom. The Kier molecular flexibility index (Phi) is 8.38. The SMILES string of the molecule is COc1ccc(C(=O)Cc2c(C(C)NCCc3ccccc3)cc3c(c2OC)OCO3)c(C(=O)O)c1OC. The van der Waals surface area contributed by atoms with Gasteiger partial charge in [-0.1, -0.05) is 30.3 Å². The normalized spacial score (nSPS) is 12.6. The Labute approximate surface area is 221 Å². The van der Waals surface area contributed by atoms with Gasteiger partial charge in [0.15, 0.2) is 28.8 Å². The van der Waals surface area contributed by atoms with Gasteiger partial charge in [0.05, 0.1) is 21.3 Å². The highest BCUT2D eigenvalue weighted by Gasteiger charge is 2.30. The van der Waals surface area contributed by atoms with Gasteiger partial charge in [-0.15, -0.1) is 0 Å². The molecule has 0 bridgehead atoms. The molecule has 3 aromatic rings. The number of aromatic carboxylic acids is 1. The predicted molar refractivity (Wildman–Crippen MR) is 140 cm³/mol. The highest BCUT2D eigenvalue weighted by atomic mass is 16.7. The largest absolute Gasteiger partial charge is 0.493 e. The topological polar surface area (TPSA) is 113 Å². The molecular weight excluding hydrogens is 490 g/mol. The highest BCUT2D eigenvalue weighted by Crippen LogP contribution is 2.47. The number of methoxy groups -OCH3 is 3. The van der Waals surface area contributed by atoms with Crippen LogP contribution >= 0.6 is 0 Å². The van der Waals surface area contributed by atoms with Crippen molar-refractivity contribution in [2.24, 2.45) is 0 Å². The predicted octanol–water partition coefficient (Wildman–Crippen LogP) is 4.46. The van der Waals surface area contributed by atoms with E-state index >= 15 is 0 Å². The first-order valence-electron chi connectivity index (χ1n) is 12.2. The van der Waals surface area contributed by atoms with Crippen molar-refractivity contribution in [1.82, 2.24) is 5.32 Å². The molecule has 3 aromatic carbocycles. The molecule has 1 aliphatic rings. The molecule has 1 heterocycles. The van der Waals surface area contributed by atoms with Crippen molar-refractivity contribution in [2.75, 3.05) is 34.7 Å². The molecule has 0 fully saturated rings. The molecular formula is C29H31NO8. The van der Waals surface area contributed by atoms with Crippen molar-refractivity contribution >= 4 is 11.8 Å². The number of benzene rings is 3. The molecule has 0 amide bonds. The van der Waals surface area contributed by atoms with Crippen molar-refractivity contribution in [3.05, 3.63) is 76.3 Å². The number of Topliss-reactive ketones (excluding diaryl/α,β-unsaturated/α-hetero) is 1. The van der Waals surface area contributed by atoms with E-state index in [1.807, 2.05) is 31.2 Å². The van der Waals surface area contributed by atoms with Crippen molar-refractivity contribution in [1.29, 1.82) is 0 Å². The van der Waals surface area contributed by atoms with Crippen molar-refractivity contribution < 1.29 is 38.4 Å². The third kappa shape index (κ3) is 5.38. The van der Waals surface area contributed by atoms with Gasteiger partial charge in [-0.25, -0.2) is 4.79 Å². The molecule has 4 rings (SSSR count). The summed E-state index contributed by atoms with van der Waals surface area (Å²) in [7, 11) is 4.24. The maximum atomic E-state index is 13.6. The van der Waals surface area contributed by atoms with Gasteiger partial charge in [0.25, 0.3) is 0 Å². The smallest absolute Gasteiger partial charge is 0.340 e. The monoisotopic (exact) mass is 521 g/mol. The van der Waals surface area contributed by atoms with E-state index in [-0.39, 0.29) is 41.9 Å². The van der Waals surface area contributed by atoms with E-state index in [2.05, 4.69) is 17.4 Å². The first-order chi connectivity index (χ1) is 18.4. The van der Waals surface area contributed by atoms with E-state index in [0.717, 1.165) is 12.0 Å². The number of ether oxygens (including phenoxy) is 5. The van der Waals surface area contributed by atoms with Crippen LogP contribution in [0.2, 0.25) is 0 Å². The number of hydrogen-bond donors (Lipinski definition) is 2. The number of carbonyl (C=O) groups is 2. The number of rotatable bonds is 12. The minimum atomic E-state index is -1.29. The van der Waals surface area contributed by atoms with Crippen LogP contribution in [0.1, 0.15) is 50.4 Å². The Balaban J connectivity index is 1.69. The van der Waals surface area contributed by atoms with Crippen LogP contribution in [-0.2, 0) is 12.8 Å². The van der Waals surface area contributed by atoms with Crippen LogP contribution in [0.5, 0.6) is 28.7 Å². The minimum Gasteiger partial charge on any atom is -0.493 e. The van der Waals surface area contributed by atoms with Gasteiger partial charge in [0, 0.05) is 23.6 Å². The number of carbonyl (C=O) groups excluding carboxylic acids is 1. The highest BCUT2D eigenvalue weighted by molar-refractivity contribution is 6.09. The summed E-state index contributed by atoms with van der Waals surface area (Å²) < 4.78 is 27.5. The fourth-order valence-electron chi connectivity index (χ4n) is 4.67. The van der Waals surface area contributed by atoms with Gasteiger partial charge in [-0.05, 0) is 49.2 Å². The summed E-state index contributed by atoms with van der Waals surface area (Å²) in [5.41, 5.74) is 2.34. The van der Waals surface area contributed by atoms with Crippen LogP contribution in [0.4, 0.5) is 0 Å². The number of carboxylic acid groups (broad SMARTS) is 1.